The van der Waals surface area contributed by atoms with Gasteiger partial charge in [0, 0.05) is 26.2 Å². The molecule has 0 atom stereocenters. The Morgan fingerprint density at radius 3 is 2.71 bits per heavy atom. The Kier molecular flexibility index (Phi) is 3.40. The van der Waals surface area contributed by atoms with Gasteiger partial charge in [-0.25, -0.2) is 14.8 Å². The van der Waals surface area contributed by atoms with Crippen molar-refractivity contribution in [3.05, 3.63) is 21.7 Å². The van der Waals surface area contributed by atoms with Gasteiger partial charge in [-0.05, 0) is 18.0 Å². The van der Waals surface area contributed by atoms with Crippen LogP contribution in [0, 0.1) is 0 Å². The van der Waals surface area contributed by atoms with E-state index in [2.05, 4.69) is 9.97 Å². The minimum atomic E-state index is -0.0403. The number of hydrogen-bond acceptors (Lipinski definition) is 3. The Hall–Kier alpha value is -1.07. The minimum Gasteiger partial charge on any atom is -0.331 e. The summed E-state index contributed by atoms with van der Waals surface area (Å²) in [5.74, 6) is 0. The van der Waals surface area contributed by atoms with Crippen LogP contribution in [0.4, 0.5) is 4.79 Å². The average Bonchev–Trinajstić information content (AvgIpc) is 2.26. The van der Waals surface area contributed by atoms with Gasteiger partial charge in [0.15, 0.2) is 0 Å². The maximum Gasteiger partial charge on any atom is 0.319 e. The van der Waals surface area contributed by atoms with Gasteiger partial charge in [-0.2, -0.15) is 0 Å². The van der Waals surface area contributed by atoms with Crippen LogP contribution in [0.1, 0.15) is 11.3 Å². The van der Waals surface area contributed by atoms with Crippen LogP contribution in [0.15, 0.2) is 0 Å². The lowest BCUT2D eigenvalue weighted by Gasteiger charge is -2.30. The molecule has 0 aliphatic carbocycles. The second-order valence-electron chi connectivity index (χ2n) is 4.06. The molecule has 0 saturated carbocycles. The van der Waals surface area contributed by atoms with Crippen LogP contribution in [0.5, 0.6) is 0 Å². The average molecular weight is 275 g/mol. The number of urea groups is 1. The summed E-state index contributed by atoms with van der Waals surface area (Å²) in [6, 6.07) is -0.0403. The Morgan fingerprint density at radius 1 is 1.35 bits per heavy atom. The summed E-state index contributed by atoms with van der Waals surface area (Å²) in [5.41, 5.74) is 1.62. The van der Waals surface area contributed by atoms with E-state index in [0.717, 1.165) is 11.3 Å². The van der Waals surface area contributed by atoms with E-state index in [9.17, 15) is 4.79 Å². The zero-order valence-corrected chi connectivity index (χ0v) is 11.1. The largest absolute Gasteiger partial charge is 0.331 e. The molecule has 0 unspecified atom stereocenters. The van der Waals surface area contributed by atoms with Gasteiger partial charge < -0.3 is 9.80 Å². The van der Waals surface area contributed by atoms with Crippen LogP contribution in [-0.4, -0.2) is 46.4 Å². The molecule has 1 aliphatic rings. The Morgan fingerprint density at radius 2 is 2.06 bits per heavy atom. The molecule has 0 saturated heterocycles. The third kappa shape index (κ3) is 2.45. The molecule has 2 rings (SSSR count). The summed E-state index contributed by atoms with van der Waals surface area (Å²) in [5, 5.41) is 0.504. The zero-order chi connectivity index (χ0) is 12.6. The third-order valence-electron chi connectivity index (χ3n) is 2.64. The summed E-state index contributed by atoms with van der Waals surface area (Å²) in [7, 11) is 3.44. The minimum absolute atomic E-state index is 0.0403. The van der Waals surface area contributed by atoms with Crippen LogP contribution < -0.4 is 0 Å². The van der Waals surface area contributed by atoms with E-state index < -0.39 is 0 Å². The summed E-state index contributed by atoms with van der Waals surface area (Å²) in [6.07, 6.45) is 0.658. The van der Waals surface area contributed by atoms with E-state index >= 15 is 0 Å². The third-order valence-corrected chi connectivity index (χ3v) is 3.12. The van der Waals surface area contributed by atoms with Gasteiger partial charge in [0.1, 0.15) is 5.15 Å². The second kappa shape index (κ2) is 4.66. The van der Waals surface area contributed by atoms with Gasteiger partial charge in [-0.1, -0.05) is 11.6 Å². The Labute approximate surface area is 109 Å². The van der Waals surface area contributed by atoms with Gasteiger partial charge in [-0.15, -0.1) is 0 Å². The maximum absolute atomic E-state index is 11.8. The van der Waals surface area contributed by atoms with Crippen LogP contribution in [0.3, 0.4) is 0 Å². The molecule has 1 aromatic rings. The van der Waals surface area contributed by atoms with Crippen LogP contribution >= 0.6 is 23.2 Å². The van der Waals surface area contributed by atoms with Gasteiger partial charge in [0.25, 0.3) is 0 Å². The standard InChI is InChI=1S/C10H12Cl2N4O/c1-15(2)10(17)16-4-3-6-7(5-16)13-9(12)14-8(6)11/h3-5H2,1-2H3. The fraction of sp³-hybridized carbons (Fsp3) is 0.500. The maximum atomic E-state index is 11.8. The predicted octanol–water partition coefficient (Wildman–Crippen LogP) is 1.82. The van der Waals surface area contributed by atoms with Crippen LogP contribution in [0.25, 0.3) is 0 Å². The van der Waals surface area contributed by atoms with E-state index in [1.54, 1.807) is 19.0 Å². The number of nitrogens with zero attached hydrogens (tertiary/aromatic N) is 4. The normalized spacial score (nSPS) is 14.5. The summed E-state index contributed by atoms with van der Waals surface area (Å²) >= 11 is 11.7. The lowest BCUT2D eigenvalue weighted by atomic mass is 10.1. The van der Waals surface area contributed by atoms with Crippen molar-refractivity contribution in [2.24, 2.45) is 0 Å². The van der Waals surface area contributed by atoms with E-state index in [0.29, 0.717) is 24.7 Å². The SMILES string of the molecule is CN(C)C(=O)N1CCc2c(Cl)nc(Cl)nc2C1. The molecule has 7 heteroatoms. The quantitative estimate of drug-likeness (QED) is 0.536. The molecule has 1 aliphatic heterocycles. The molecule has 0 radical (unpaired) electrons. The monoisotopic (exact) mass is 274 g/mol. The topological polar surface area (TPSA) is 49.3 Å². The molecule has 17 heavy (non-hydrogen) atoms. The van der Waals surface area contributed by atoms with Gasteiger partial charge >= 0.3 is 6.03 Å². The molecule has 0 N–H and O–H groups in total. The predicted molar refractivity (Wildman–Crippen MR) is 65.2 cm³/mol. The van der Waals surface area contributed by atoms with Crippen molar-refractivity contribution in [2.75, 3.05) is 20.6 Å². The highest BCUT2D eigenvalue weighted by Gasteiger charge is 2.25. The van der Waals surface area contributed by atoms with Crippen molar-refractivity contribution >= 4 is 29.2 Å². The van der Waals surface area contributed by atoms with E-state index in [1.165, 1.54) is 4.90 Å². The number of carbonyl (C=O) groups is 1. The van der Waals surface area contributed by atoms with Crippen LogP contribution in [-0.2, 0) is 13.0 Å². The summed E-state index contributed by atoms with van der Waals surface area (Å²) in [6.45, 7) is 1.04. The first-order chi connectivity index (χ1) is 7.99. The van der Waals surface area contributed by atoms with Crippen LogP contribution in [0.2, 0.25) is 10.4 Å². The first kappa shape index (κ1) is 12.4. The lowest BCUT2D eigenvalue weighted by molar-refractivity contribution is 0.164. The number of fused-ring (bicyclic) bond motifs is 1. The van der Waals surface area contributed by atoms with Crippen molar-refractivity contribution in [3.63, 3.8) is 0 Å². The molecule has 5 nitrogen and oxygen atoms in total. The highest BCUT2D eigenvalue weighted by molar-refractivity contribution is 6.32. The van der Waals surface area contributed by atoms with Crippen molar-refractivity contribution in [2.45, 2.75) is 13.0 Å². The van der Waals surface area contributed by atoms with Crippen molar-refractivity contribution < 1.29 is 4.79 Å². The second-order valence-corrected chi connectivity index (χ2v) is 4.75. The van der Waals surface area contributed by atoms with Crippen molar-refractivity contribution in [1.29, 1.82) is 0 Å². The molecule has 0 fully saturated rings. The van der Waals surface area contributed by atoms with Gasteiger partial charge in [0.05, 0.1) is 12.2 Å². The molecule has 0 spiro atoms. The lowest BCUT2D eigenvalue weighted by Crippen LogP contribution is -2.42. The van der Waals surface area contributed by atoms with Gasteiger partial charge in [0.2, 0.25) is 5.28 Å². The molecule has 0 aromatic carbocycles. The van der Waals surface area contributed by atoms with E-state index in [1.807, 2.05) is 0 Å². The Bertz CT molecular complexity index is 464. The first-order valence-electron chi connectivity index (χ1n) is 5.16. The molecular formula is C10H12Cl2N4O. The molecule has 2 heterocycles. The van der Waals surface area contributed by atoms with E-state index in [-0.39, 0.29) is 11.3 Å². The fourth-order valence-electron chi connectivity index (χ4n) is 1.80. The highest BCUT2D eigenvalue weighted by atomic mass is 35.5. The van der Waals surface area contributed by atoms with E-state index in [4.69, 9.17) is 23.2 Å². The summed E-state index contributed by atoms with van der Waals surface area (Å²) < 4.78 is 0. The van der Waals surface area contributed by atoms with Crippen molar-refractivity contribution in [3.8, 4) is 0 Å². The number of carbonyl (C=O) groups excluding carboxylic acids is 1. The number of hydrogen-bond donors (Lipinski definition) is 0. The molecule has 2 amide bonds. The molecular weight excluding hydrogens is 263 g/mol. The number of rotatable bonds is 0. The first-order valence-corrected chi connectivity index (χ1v) is 5.91. The molecule has 0 bridgehead atoms. The smallest absolute Gasteiger partial charge is 0.319 e. The Balaban J connectivity index is 2.27. The zero-order valence-electron chi connectivity index (χ0n) is 9.57. The molecule has 1 aromatic heterocycles. The van der Waals surface area contributed by atoms with Gasteiger partial charge in [-0.3, -0.25) is 0 Å². The number of aromatic nitrogens is 2. The highest BCUT2D eigenvalue weighted by Crippen LogP contribution is 2.25. The van der Waals surface area contributed by atoms with Crippen molar-refractivity contribution in [1.82, 2.24) is 19.8 Å². The molecule has 92 valence electrons. The fourth-order valence-corrected chi connectivity index (χ4v) is 2.32. The number of amides is 2. The number of halogens is 2. The summed E-state index contributed by atoms with van der Waals surface area (Å²) in [4.78, 5) is 23.1.